The molecule has 2 aromatic carbocycles. The van der Waals surface area contributed by atoms with Crippen molar-refractivity contribution in [3.63, 3.8) is 0 Å². The molecule has 274 valence electrons. The summed E-state index contributed by atoms with van der Waals surface area (Å²) in [5, 5.41) is 10.4. The number of hydrogen-bond acceptors (Lipinski definition) is 9. The van der Waals surface area contributed by atoms with E-state index in [9.17, 15) is 24.0 Å². The van der Waals surface area contributed by atoms with E-state index in [0.29, 0.717) is 40.6 Å². The molecule has 13 nitrogen and oxygen atoms in total. The lowest BCUT2D eigenvalue weighted by Gasteiger charge is -2.35. The van der Waals surface area contributed by atoms with Crippen molar-refractivity contribution in [2.24, 2.45) is 22.2 Å². The van der Waals surface area contributed by atoms with Gasteiger partial charge in [0.15, 0.2) is 5.60 Å². The van der Waals surface area contributed by atoms with Crippen LogP contribution >= 0.6 is 11.6 Å². The summed E-state index contributed by atoms with van der Waals surface area (Å²) < 4.78 is 10.9. The largest absolute Gasteiger partial charge is 0.496 e. The van der Waals surface area contributed by atoms with Gasteiger partial charge >= 0.3 is 0 Å². The van der Waals surface area contributed by atoms with Crippen molar-refractivity contribution in [1.29, 1.82) is 0 Å². The Hall–Kier alpha value is -4.65. The lowest BCUT2D eigenvalue weighted by molar-refractivity contribution is -0.145. The number of Topliss-reactive ketones (excluding diaryl/α,β-unsaturated/α-hetero) is 1. The second-order valence-corrected chi connectivity index (χ2v) is 15.0. The van der Waals surface area contributed by atoms with Gasteiger partial charge < -0.3 is 35.6 Å². The summed E-state index contributed by atoms with van der Waals surface area (Å²) in [5.41, 5.74) is 5.50. The van der Waals surface area contributed by atoms with E-state index >= 15 is 0 Å². The van der Waals surface area contributed by atoms with Gasteiger partial charge in [0.05, 0.1) is 37.5 Å². The second kappa shape index (κ2) is 14.9. The molecule has 4 N–H and O–H groups in total. The Labute approximate surface area is 302 Å². The zero-order valence-corrected chi connectivity index (χ0v) is 30.5. The highest BCUT2D eigenvalue weighted by Crippen LogP contribution is 2.48. The van der Waals surface area contributed by atoms with Gasteiger partial charge in [-0.25, -0.2) is 0 Å². The maximum Gasteiger partial charge on any atom is 0.287 e. The molecule has 1 saturated heterocycles. The van der Waals surface area contributed by atoms with Gasteiger partial charge in [-0.3, -0.25) is 24.0 Å². The molecule has 1 spiro atoms. The Morgan fingerprint density at radius 3 is 2.35 bits per heavy atom. The molecule has 1 saturated carbocycles. The highest BCUT2D eigenvalue weighted by molar-refractivity contribution is 6.37. The summed E-state index contributed by atoms with van der Waals surface area (Å²) in [6.45, 7) is 7.28. The molecule has 2 aromatic rings. The third-order valence-electron chi connectivity index (χ3n) is 9.82. The Bertz CT molecular complexity index is 1730. The molecule has 0 aromatic heterocycles. The number of amides is 4. The number of hydrogen-bond donors (Lipinski definition) is 3. The summed E-state index contributed by atoms with van der Waals surface area (Å²) in [6.07, 6.45) is 1.52. The number of nitrogens with two attached hydrogens (primary N) is 1. The van der Waals surface area contributed by atoms with Crippen molar-refractivity contribution in [3.05, 3.63) is 58.6 Å². The normalized spacial score (nSPS) is 23.5. The van der Waals surface area contributed by atoms with Crippen molar-refractivity contribution in [1.82, 2.24) is 15.5 Å². The summed E-state index contributed by atoms with van der Waals surface area (Å²) in [7, 11) is 2.99. The topological polar surface area (TPSA) is 179 Å². The van der Waals surface area contributed by atoms with Gasteiger partial charge in [-0.05, 0) is 35.8 Å². The predicted molar refractivity (Wildman–Crippen MR) is 189 cm³/mol. The number of nitrogens with zero attached hydrogens (tertiary/aromatic N) is 2. The SMILES string of the molecule is CCC[C@H](NC(=O)[C@@H]1C[C@]2(CC(c3cc(Cl)c(OC)cc3OC)=NO2)CN1C(=O)[C@@H](NC(=O)[C@@H]1C[C@H]1c1ccccc1)C(C)(C)C)C(=O)C(N)=O. The summed E-state index contributed by atoms with van der Waals surface area (Å²) in [5.74, 6) is -2.87. The van der Waals surface area contributed by atoms with Crippen molar-refractivity contribution < 1.29 is 38.3 Å². The first-order valence-corrected chi connectivity index (χ1v) is 17.5. The molecule has 2 fully saturated rings. The smallest absolute Gasteiger partial charge is 0.287 e. The predicted octanol–water partition coefficient (Wildman–Crippen LogP) is 3.50. The number of methoxy groups -OCH3 is 2. The molecule has 0 bridgehead atoms. The number of carbonyl (C=O) groups excluding carboxylic acids is 5. The van der Waals surface area contributed by atoms with Gasteiger partial charge in [-0.1, -0.05) is 81.2 Å². The fraction of sp³-hybridized carbons (Fsp3) is 0.514. The maximum atomic E-state index is 14.6. The lowest BCUT2D eigenvalue weighted by Crippen LogP contribution is -2.59. The quantitative estimate of drug-likeness (QED) is 0.263. The first-order valence-electron chi connectivity index (χ1n) is 17.1. The van der Waals surface area contributed by atoms with Crippen LogP contribution in [0.3, 0.4) is 0 Å². The standard InChI is InChI=1S/C37H46ClN5O8/c1-7-11-25(30(44)32(39)45)40-34(47)27-18-37(17-26(42-51-37)23-15-24(38)29(50-6)16-28(23)49-5)19-43(27)35(48)31(36(2,3)4)41-33(46)22-14-21(22)20-12-9-8-10-13-20/h8-10,12-13,15-16,21-22,25,27,31H,7,11,14,17-19H2,1-6H3,(H2,39,45)(H,40,47)(H,41,46)/t21-,22+,25-,27-,31+,37+/m0/s1. The lowest BCUT2D eigenvalue weighted by atomic mass is 9.85. The van der Waals surface area contributed by atoms with Crippen molar-refractivity contribution >= 4 is 46.7 Å². The first kappa shape index (κ1) is 37.6. The Kier molecular flexibility index (Phi) is 11.0. The first-order chi connectivity index (χ1) is 24.1. The second-order valence-electron chi connectivity index (χ2n) is 14.6. The molecule has 2 aliphatic heterocycles. The van der Waals surface area contributed by atoms with Gasteiger partial charge in [0.1, 0.15) is 23.6 Å². The minimum atomic E-state index is -1.17. The molecule has 5 rings (SSSR count). The molecule has 0 radical (unpaired) electrons. The van der Waals surface area contributed by atoms with Crippen LogP contribution in [0.4, 0.5) is 0 Å². The molecular formula is C37H46ClN5O8. The number of benzene rings is 2. The van der Waals surface area contributed by atoms with E-state index in [1.807, 2.05) is 51.1 Å². The minimum absolute atomic E-state index is 0.0108. The summed E-state index contributed by atoms with van der Waals surface area (Å²) in [6, 6.07) is 9.73. The van der Waals surface area contributed by atoms with Gasteiger partial charge in [-0.2, -0.15) is 0 Å². The number of rotatable bonds is 13. The number of carbonyl (C=O) groups is 5. The van der Waals surface area contributed by atoms with E-state index in [1.165, 1.54) is 19.1 Å². The average molecular weight is 724 g/mol. The number of halogens is 1. The zero-order chi connectivity index (χ0) is 37.2. The van der Waals surface area contributed by atoms with Crippen LogP contribution in [0.25, 0.3) is 0 Å². The monoisotopic (exact) mass is 723 g/mol. The van der Waals surface area contributed by atoms with Crippen LogP contribution in [0.15, 0.2) is 47.6 Å². The van der Waals surface area contributed by atoms with E-state index < -0.39 is 52.6 Å². The zero-order valence-electron chi connectivity index (χ0n) is 29.8. The molecule has 14 heteroatoms. The molecular weight excluding hydrogens is 678 g/mol. The van der Waals surface area contributed by atoms with E-state index in [2.05, 4.69) is 15.8 Å². The van der Waals surface area contributed by atoms with E-state index in [0.717, 1.165) is 5.56 Å². The van der Waals surface area contributed by atoms with E-state index in [1.54, 1.807) is 19.1 Å². The average Bonchev–Trinajstić information content (AvgIpc) is 3.67. The number of likely N-dealkylation sites (tertiary alicyclic amines) is 1. The van der Waals surface area contributed by atoms with Crippen LogP contribution in [-0.4, -0.2) is 84.5 Å². The molecule has 6 atom stereocenters. The number of primary amides is 1. The van der Waals surface area contributed by atoms with Crippen LogP contribution in [0, 0.1) is 11.3 Å². The minimum Gasteiger partial charge on any atom is -0.496 e. The highest BCUT2D eigenvalue weighted by Gasteiger charge is 2.56. The van der Waals surface area contributed by atoms with E-state index in [-0.39, 0.29) is 43.6 Å². The fourth-order valence-corrected chi connectivity index (χ4v) is 7.21. The van der Waals surface area contributed by atoms with Crippen LogP contribution in [0.2, 0.25) is 5.02 Å². The van der Waals surface area contributed by atoms with Gasteiger partial charge in [0, 0.05) is 30.4 Å². The molecule has 0 unspecified atom stereocenters. The maximum absolute atomic E-state index is 14.6. The summed E-state index contributed by atoms with van der Waals surface area (Å²) in [4.78, 5) is 74.2. The van der Waals surface area contributed by atoms with Crippen LogP contribution < -0.4 is 25.8 Å². The van der Waals surface area contributed by atoms with Gasteiger partial charge in [-0.15, -0.1) is 0 Å². The van der Waals surface area contributed by atoms with Crippen molar-refractivity contribution in [3.8, 4) is 11.5 Å². The third kappa shape index (κ3) is 7.98. The number of oxime groups is 1. The van der Waals surface area contributed by atoms with Crippen LogP contribution in [0.1, 0.15) is 76.8 Å². The fourth-order valence-electron chi connectivity index (χ4n) is 6.97. The third-order valence-corrected chi connectivity index (χ3v) is 10.1. The molecule has 1 aliphatic carbocycles. The van der Waals surface area contributed by atoms with Crippen LogP contribution in [-0.2, 0) is 28.8 Å². The Morgan fingerprint density at radius 1 is 1.06 bits per heavy atom. The van der Waals surface area contributed by atoms with Crippen LogP contribution in [0.5, 0.6) is 11.5 Å². The van der Waals surface area contributed by atoms with Gasteiger partial charge in [0.25, 0.3) is 5.91 Å². The van der Waals surface area contributed by atoms with Crippen molar-refractivity contribution in [2.45, 2.75) is 89.4 Å². The number of nitrogens with one attached hydrogen (secondary N) is 2. The molecule has 3 aliphatic rings. The van der Waals surface area contributed by atoms with E-state index in [4.69, 9.17) is 31.6 Å². The Morgan fingerprint density at radius 2 is 1.75 bits per heavy atom. The highest BCUT2D eigenvalue weighted by atomic mass is 35.5. The van der Waals surface area contributed by atoms with Crippen molar-refractivity contribution in [2.75, 3.05) is 20.8 Å². The molecule has 4 amide bonds. The van der Waals surface area contributed by atoms with Gasteiger partial charge in [0.2, 0.25) is 23.5 Å². The Balaban J connectivity index is 1.43. The summed E-state index contributed by atoms with van der Waals surface area (Å²) >= 11 is 6.45. The molecule has 51 heavy (non-hydrogen) atoms. The number of ether oxygens (including phenoxy) is 2. The number of ketones is 1. The molecule has 2 heterocycles.